The molecular weight excluding hydrogens is 306 g/mol. The van der Waals surface area contributed by atoms with Gasteiger partial charge in [-0.05, 0) is 36.6 Å². The molecule has 0 aromatic heterocycles. The highest BCUT2D eigenvalue weighted by atomic mass is 79.9. The summed E-state index contributed by atoms with van der Waals surface area (Å²) in [5.41, 5.74) is 0.976. The molecule has 19 heavy (non-hydrogen) atoms. The van der Waals surface area contributed by atoms with Crippen molar-refractivity contribution in [2.75, 3.05) is 32.8 Å². The van der Waals surface area contributed by atoms with Crippen LogP contribution in [0.25, 0.3) is 0 Å². The number of hydrogen-bond acceptors (Lipinski definition) is 3. The van der Waals surface area contributed by atoms with Crippen LogP contribution in [0, 0.1) is 5.92 Å². The largest absolute Gasteiger partial charge is 0.387 e. The monoisotopic (exact) mass is 327 g/mol. The van der Waals surface area contributed by atoms with Crippen molar-refractivity contribution in [2.45, 2.75) is 19.4 Å². The third kappa shape index (κ3) is 4.56. The van der Waals surface area contributed by atoms with Gasteiger partial charge in [0.05, 0.1) is 12.7 Å². The highest BCUT2D eigenvalue weighted by Gasteiger charge is 2.20. The van der Waals surface area contributed by atoms with E-state index < -0.39 is 6.10 Å². The summed E-state index contributed by atoms with van der Waals surface area (Å²) in [7, 11) is 0. The zero-order valence-corrected chi connectivity index (χ0v) is 13.0. The van der Waals surface area contributed by atoms with Gasteiger partial charge in [0, 0.05) is 24.2 Å². The molecule has 4 heteroatoms. The van der Waals surface area contributed by atoms with Crippen LogP contribution in [-0.4, -0.2) is 42.9 Å². The average molecular weight is 328 g/mol. The van der Waals surface area contributed by atoms with E-state index in [1.165, 1.54) is 0 Å². The summed E-state index contributed by atoms with van der Waals surface area (Å²) in [5, 5.41) is 10.3. The Morgan fingerprint density at radius 2 is 2.16 bits per heavy atom. The molecule has 1 aromatic carbocycles. The van der Waals surface area contributed by atoms with Gasteiger partial charge in [-0.3, -0.25) is 0 Å². The smallest absolute Gasteiger partial charge is 0.0916 e. The van der Waals surface area contributed by atoms with E-state index in [4.69, 9.17) is 4.74 Å². The minimum Gasteiger partial charge on any atom is -0.387 e. The third-order valence-electron chi connectivity index (χ3n) is 3.67. The molecule has 0 amide bonds. The Balaban J connectivity index is 1.87. The molecule has 0 bridgehead atoms. The van der Waals surface area contributed by atoms with Gasteiger partial charge in [-0.1, -0.05) is 35.0 Å². The van der Waals surface area contributed by atoms with Gasteiger partial charge in [-0.25, -0.2) is 0 Å². The molecular formula is C15H22BrNO2. The van der Waals surface area contributed by atoms with Crippen molar-refractivity contribution in [3.05, 3.63) is 34.3 Å². The first kappa shape index (κ1) is 15.0. The molecule has 2 atom stereocenters. The Kier molecular flexibility index (Phi) is 5.82. The van der Waals surface area contributed by atoms with E-state index >= 15 is 0 Å². The van der Waals surface area contributed by atoms with Crippen LogP contribution in [-0.2, 0) is 4.74 Å². The van der Waals surface area contributed by atoms with E-state index in [1.807, 2.05) is 24.3 Å². The summed E-state index contributed by atoms with van der Waals surface area (Å²) >= 11 is 3.41. The lowest BCUT2D eigenvalue weighted by atomic mass is 10.1. The maximum Gasteiger partial charge on any atom is 0.0916 e. The van der Waals surface area contributed by atoms with Crippen LogP contribution in [0.2, 0.25) is 0 Å². The fraction of sp³-hybridized carbons (Fsp3) is 0.600. The van der Waals surface area contributed by atoms with Gasteiger partial charge >= 0.3 is 0 Å². The molecule has 1 saturated heterocycles. The molecule has 0 saturated carbocycles. The first-order valence-corrected chi connectivity index (χ1v) is 7.72. The van der Waals surface area contributed by atoms with Gasteiger partial charge in [0.25, 0.3) is 0 Å². The number of benzene rings is 1. The van der Waals surface area contributed by atoms with Crippen LogP contribution in [0.3, 0.4) is 0 Å². The van der Waals surface area contributed by atoms with Crippen molar-refractivity contribution in [2.24, 2.45) is 5.92 Å². The molecule has 0 radical (unpaired) electrons. The first-order valence-electron chi connectivity index (χ1n) is 6.92. The van der Waals surface area contributed by atoms with E-state index in [0.29, 0.717) is 12.5 Å². The van der Waals surface area contributed by atoms with Gasteiger partial charge in [0.1, 0.15) is 0 Å². The van der Waals surface area contributed by atoms with Crippen molar-refractivity contribution in [1.29, 1.82) is 0 Å². The normalized spacial score (nSPS) is 20.9. The zero-order valence-electron chi connectivity index (χ0n) is 11.4. The highest BCUT2D eigenvalue weighted by molar-refractivity contribution is 9.10. The lowest BCUT2D eigenvalue weighted by molar-refractivity contribution is 0.102. The maximum absolute atomic E-state index is 10.3. The topological polar surface area (TPSA) is 32.7 Å². The molecule has 3 nitrogen and oxygen atoms in total. The summed E-state index contributed by atoms with van der Waals surface area (Å²) in [4.78, 5) is 2.31. The van der Waals surface area contributed by atoms with E-state index in [0.717, 1.165) is 42.8 Å². The second-order valence-corrected chi connectivity index (χ2v) is 6.06. The van der Waals surface area contributed by atoms with Crippen molar-refractivity contribution < 1.29 is 9.84 Å². The van der Waals surface area contributed by atoms with Crippen molar-refractivity contribution >= 4 is 15.9 Å². The van der Waals surface area contributed by atoms with Crippen molar-refractivity contribution in [3.8, 4) is 0 Å². The van der Waals surface area contributed by atoms with Crippen LogP contribution in [0.15, 0.2) is 28.7 Å². The molecule has 106 valence electrons. The van der Waals surface area contributed by atoms with Crippen LogP contribution in [0.1, 0.15) is 25.0 Å². The summed E-state index contributed by atoms with van der Waals surface area (Å²) in [6.07, 6.45) is 0.723. The molecule has 1 heterocycles. The van der Waals surface area contributed by atoms with Gasteiger partial charge in [-0.15, -0.1) is 0 Å². The van der Waals surface area contributed by atoms with Gasteiger partial charge in [-0.2, -0.15) is 0 Å². The molecule has 0 unspecified atom stereocenters. The molecule has 1 aliphatic rings. The van der Waals surface area contributed by atoms with E-state index in [-0.39, 0.29) is 0 Å². The Labute approximate surface area is 123 Å². The standard InChI is InChI=1S/C15H22BrNO2/c1-2-17(9-12-7-8-19-11-12)10-15(18)13-3-5-14(16)6-4-13/h3-6,12,15,18H,2,7-11H2,1H3/t12-,15-/m0/s1. The van der Waals surface area contributed by atoms with Crippen LogP contribution < -0.4 is 0 Å². The number of aliphatic hydroxyl groups is 1. The van der Waals surface area contributed by atoms with Gasteiger partial charge in [0.2, 0.25) is 0 Å². The number of likely N-dealkylation sites (N-methyl/N-ethyl adjacent to an activating group) is 1. The summed E-state index contributed by atoms with van der Waals surface area (Å²) in [6.45, 7) is 6.56. The number of nitrogens with zero attached hydrogens (tertiary/aromatic N) is 1. The Morgan fingerprint density at radius 1 is 1.42 bits per heavy atom. The summed E-state index contributed by atoms with van der Waals surface area (Å²) < 4.78 is 6.45. The number of rotatable bonds is 6. The van der Waals surface area contributed by atoms with Crippen molar-refractivity contribution in [1.82, 2.24) is 4.90 Å². The molecule has 1 N–H and O–H groups in total. The third-order valence-corrected chi connectivity index (χ3v) is 4.20. The average Bonchev–Trinajstić information content (AvgIpc) is 2.91. The zero-order chi connectivity index (χ0) is 13.7. The van der Waals surface area contributed by atoms with E-state index in [2.05, 4.69) is 27.8 Å². The second-order valence-electron chi connectivity index (χ2n) is 5.15. The van der Waals surface area contributed by atoms with Crippen molar-refractivity contribution in [3.63, 3.8) is 0 Å². The summed E-state index contributed by atoms with van der Waals surface area (Å²) in [5.74, 6) is 0.622. The molecule has 2 rings (SSSR count). The predicted molar refractivity (Wildman–Crippen MR) is 80.1 cm³/mol. The SMILES string of the molecule is CCN(C[C@@H]1CCOC1)C[C@H](O)c1ccc(Br)cc1. The lowest BCUT2D eigenvalue weighted by Crippen LogP contribution is -2.33. The molecule has 1 aromatic rings. The molecule has 1 aliphatic heterocycles. The minimum atomic E-state index is -0.421. The van der Waals surface area contributed by atoms with Crippen LogP contribution >= 0.6 is 15.9 Å². The van der Waals surface area contributed by atoms with E-state index in [9.17, 15) is 5.11 Å². The molecule has 0 spiro atoms. The Bertz CT molecular complexity index is 376. The second kappa shape index (κ2) is 7.39. The Morgan fingerprint density at radius 3 is 2.74 bits per heavy atom. The Hall–Kier alpha value is -0.420. The predicted octanol–water partition coefficient (Wildman–Crippen LogP) is 2.84. The maximum atomic E-state index is 10.3. The molecule has 1 fully saturated rings. The van der Waals surface area contributed by atoms with Crippen LogP contribution in [0.5, 0.6) is 0 Å². The number of ether oxygens (including phenoxy) is 1. The lowest BCUT2D eigenvalue weighted by Gasteiger charge is -2.26. The summed E-state index contributed by atoms with van der Waals surface area (Å²) in [6, 6.07) is 7.89. The number of hydrogen-bond donors (Lipinski definition) is 1. The highest BCUT2D eigenvalue weighted by Crippen LogP contribution is 2.19. The fourth-order valence-electron chi connectivity index (χ4n) is 2.46. The quantitative estimate of drug-likeness (QED) is 0.872. The van der Waals surface area contributed by atoms with Crippen LogP contribution in [0.4, 0.5) is 0 Å². The van der Waals surface area contributed by atoms with Gasteiger partial charge in [0.15, 0.2) is 0 Å². The molecule has 0 aliphatic carbocycles. The minimum absolute atomic E-state index is 0.421. The number of aliphatic hydroxyl groups excluding tert-OH is 1. The van der Waals surface area contributed by atoms with E-state index in [1.54, 1.807) is 0 Å². The van der Waals surface area contributed by atoms with Gasteiger partial charge < -0.3 is 14.7 Å². The fourth-order valence-corrected chi connectivity index (χ4v) is 2.72. The first-order chi connectivity index (χ1) is 9.19. The number of halogens is 1.